The van der Waals surface area contributed by atoms with Crippen LogP contribution in [-0.4, -0.2) is 58.5 Å². The van der Waals surface area contributed by atoms with Crippen LogP contribution in [0.15, 0.2) is 24.5 Å². The number of fused-ring (bicyclic) bond motifs is 2. The lowest BCUT2D eigenvalue weighted by atomic mass is 9.96. The minimum absolute atomic E-state index is 0.0117. The van der Waals surface area contributed by atoms with Gasteiger partial charge in [0, 0.05) is 12.5 Å². The average molecular weight is 472 g/mol. The highest BCUT2D eigenvalue weighted by Gasteiger charge is 2.47. The average Bonchev–Trinajstić information content (AvgIpc) is 2.97. The standard InChI is InChI=1S/C23H26ClN5O4/c1-13-20(28-17-7-6-15(25-5)8-16(17)24)26-12-27-21(13)32-19-14-9-29(10-18(19)31-11-14)22(30)33-23(2,3)4/h6-8,12,14,18-19H,9-11H2,1-4H3,(H,26,27,28). The van der Waals surface area contributed by atoms with Gasteiger partial charge in [0.2, 0.25) is 5.88 Å². The zero-order chi connectivity index (χ0) is 23.8. The second-order valence-corrected chi connectivity index (χ2v) is 9.56. The van der Waals surface area contributed by atoms with Gasteiger partial charge in [-0.05, 0) is 39.8 Å². The summed E-state index contributed by atoms with van der Waals surface area (Å²) in [6.45, 7) is 15.9. The van der Waals surface area contributed by atoms with Gasteiger partial charge in [0.25, 0.3) is 0 Å². The molecule has 33 heavy (non-hydrogen) atoms. The number of halogens is 1. The lowest BCUT2D eigenvalue weighted by molar-refractivity contribution is -0.0187. The third-order valence-corrected chi connectivity index (χ3v) is 5.80. The summed E-state index contributed by atoms with van der Waals surface area (Å²) in [4.78, 5) is 26.2. The Morgan fingerprint density at radius 1 is 1.33 bits per heavy atom. The van der Waals surface area contributed by atoms with Crippen molar-refractivity contribution < 1.29 is 19.0 Å². The summed E-state index contributed by atoms with van der Waals surface area (Å²) in [6, 6.07) is 5.01. The molecule has 0 aliphatic carbocycles. The Kier molecular flexibility index (Phi) is 6.32. The second kappa shape index (κ2) is 9.04. The maximum atomic E-state index is 12.5. The summed E-state index contributed by atoms with van der Waals surface area (Å²) in [7, 11) is 0. The third-order valence-electron chi connectivity index (χ3n) is 5.48. The van der Waals surface area contributed by atoms with E-state index in [1.807, 2.05) is 27.7 Å². The van der Waals surface area contributed by atoms with Crippen LogP contribution in [0.25, 0.3) is 4.85 Å². The number of carbonyl (C=O) groups is 1. The zero-order valence-electron chi connectivity index (χ0n) is 19.0. The van der Waals surface area contributed by atoms with E-state index < -0.39 is 5.60 Å². The van der Waals surface area contributed by atoms with E-state index in [1.54, 1.807) is 23.1 Å². The molecule has 2 fully saturated rings. The van der Waals surface area contributed by atoms with Gasteiger partial charge in [-0.15, -0.1) is 0 Å². The van der Waals surface area contributed by atoms with Gasteiger partial charge in [0.1, 0.15) is 30.0 Å². The summed E-state index contributed by atoms with van der Waals surface area (Å²) in [5.74, 6) is 1.01. The number of nitrogens with zero attached hydrogens (tertiary/aromatic N) is 4. The fourth-order valence-electron chi connectivity index (χ4n) is 3.89. The van der Waals surface area contributed by atoms with E-state index in [4.69, 9.17) is 32.4 Å². The van der Waals surface area contributed by atoms with Gasteiger partial charge in [0.15, 0.2) is 5.69 Å². The Labute approximate surface area is 197 Å². The Morgan fingerprint density at radius 2 is 2.12 bits per heavy atom. The molecule has 9 nitrogen and oxygen atoms in total. The Hall–Kier alpha value is -3.09. The molecule has 2 saturated heterocycles. The molecule has 2 aliphatic rings. The molecule has 1 aromatic carbocycles. The highest BCUT2D eigenvalue weighted by molar-refractivity contribution is 6.33. The number of aromatic nitrogens is 2. The minimum atomic E-state index is -0.551. The number of nitrogens with one attached hydrogen (secondary N) is 1. The number of likely N-dealkylation sites (tertiary alicyclic amines) is 1. The number of anilines is 2. The molecule has 2 aliphatic heterocycles. The number of ether oxygens (including phenoxy) is 3. The molecule has 4 rings (SSSR count). The predicted octanol–water partition coefficient (Wildman–Crippen LogP) is 4.75. The van der Waals surface area contributed by atoms with E-state index in [0.29, 0.717) is 47.8 Å². The van der Waals surface area contributed by atoms with Crippen LogP contribution in [0.2, 0.25) is 5.02 Å². The zero-order valence-corrected chi connectivity index (χ0v) is 19.7. The first-order chi connectivity index (χ1) is 15.6. The van der Waals surface area contributed by atoms with Crippen LogP contribution in [-0.2, 0) is 9.47 Å². The van der Waals surface area contributed by atoms with Crippen molar-refractivity contribution >= 4 is 34.9 Å². The molecular formula is C23H26ClN5O4. The van der Waals surface area contributed by atoms with Gasteiger partial charge in [0.05, 0.1) is 36.0 Å². The van der Waals surface area contributed by atoms with Crippen molar-refractivity contribution in [2.75, 3.05) is 25.0 Å². The van der Waals surface area contributed by atoms with Crippen molar-refractivity contribution in [3.8, 4) is 5.88 Å². The van der Waals surface area contributed by atoms with Crippen molar-refractivity contribution in [1.29, 1.82) is 0 Å². The summed E-state index contributed by atoms with van der Waals surface area (Å²) in [6.07, 6.45) is 0.585. The fourth-order valence-corrected chi connectivity index (χ4v) is 4.11. The molecule has 0 radical (unpaired) electrons. The van der Waals surface area contributed by atoms with E-state index in [-0.39, 0.29) is 24.2 Å². The molecule has 1 amide bonds. The molecule has 1 aromatic heterocycles. The number of amides is 1. The number of carbonyl (C=O) groups excluding carboxylic acids is 1. The summed E-state index contributed by atoms with van der Waals surface area (Å²) >= 11 is 6.29. The summed E-state index contributed by atoms with van der Waals surface area (Å²) < 4.78 is 17.7. The van der Waals surface area contributed by atoms with E-state index in [1.165, 1.54) is 6.33 Å². The Balaban J connectivity index is 1.46. The molecule has 3 atom stereocenters. The largest absolute Gasteiger partial charge is 0.471 e. The molecule has 174 valence electrons. The maximum Gasteiger partial charge on any atom is 0.410 e. The monoisotopic (exact) mass is 471 g/mol. The van der Waals surface area contributed by atoms with Crippen molar-refractivity contribution in [3.63, 3.8) is 0 Å². The van der Waals surface area contributed by atoms with Gasteiger partial charge in [-0.1, -0.05) is 17.7 Å². The second-order valence-electron chi connectivity index (χ2n) is 9.15. The van der Waals surface area contributed by atoms with Crippen LogP contribution in [0.3, 0.4) is 0 Å². The van der Waals surface area contributed by atoms with Crippen LogP contribution in [0.5, 0.6) is 5.88 Å². The third kappa shape index (κ3) is 5.13. The first kappa shape index (κ1) is 23.1. The number of hydrogen-bond acceptors (Lipinski definition) is 7. The topological polar surface area (TPSA) is 90.2 Å². The van der Waals surface area contributed by atoms with Crippen LogP contribution in [0, 0.1) is 19.4 Å². The highest BCUT2D eigenvalue weighted by Crippen LogP contribution is 2.35. The smallest absolute Gasteiger partial charge is 0.410 e. The fraction of sp³-hybridized carbons (Fsp3) is 0.478. The SMILES string of the molecule is [C-]#[N+]c1ccc(Nc2ncnc(OC3C4COC3CN(C(=O)OC(C)(C)C)C4)c2C)c(Cl)c1. The first-order valence-electron chi connectivity index (χ1n) is 10.7. The normalized spacial score (nSPS) is 21.9. The number of rotatable bonds is 4. The molecule has 0 spiro atoms. The predicted molar refractivity (Wildman–Crippen MR) is 123 cm³/mol. The van der Waals surface area contributed by atoms with Gasteiger partial charge < -0.3 is 24.4 Å². The van der Waals surface area contributed by atoms with Crippen molar-refractivity contribution in [3.05, 3.63) is 46.5 Å². The number of benzene rings is 1. The van der Waals surface area contributed by atoms with E-state index >= 15 is 0 Å². The minimum Gasteiger partial charge on any atom is -0.471 e. The molecule has 1 N–H and O–H groups in total. The molecule has 2 bridgehead atoms. The van der Waals surface area contributed by atoms with Crippen LogP contribution >= 0.6 is 11.6 Å². The van der Waals surface area contributed by atoms with Crippen LogP contribution in [0.1, 0.15) is 26.3 Å². The van der Waals surface area contributed by atoms with Crippen molar-refractivity contribution in [2.45, 2.75) is 45.5 Å². The molecule has 0 saturated carbocycles. The van der Waals surface area contributed by atoms with E-state index in [0.717, 1.165) is 5.56 Å². The lowest BCUT2D eigenvalue weighted by Crippen LogP contribution is -2.53. The van der Waals surface area contributed by atoms with Gasteiger partial charge in [-0.3, -0.25) is 0 Å². The van der Waals surface area contributed by atoms with Crippen molar-refractivity contribution in [2.24, 2.45) is 5.92 Å². The van der Waals surface area contributed by atoms with Gasteiger partial charge in [-0.25, -0.2) is 19.6 Å². The number of piperidine rings is 1. The first-order valence-corrected chi connectivity index (χ1v) is 11.0. The Bertz CT molecular complexity index is 1080. The van der Waals surface area contributed by atoms with Gasteiger partial charge in [-0.2, -0.15) is 0 Å². The quantitative estimate of drug-likeness (QED) is 0.643. The van der Waals surface area contributed by atoms with Gasteiger partial charge >= 0.3 is 6.09 Å². The summed E-state index contributed by atoms with van der Waals surface area (Å²) in [5, 5.41) is 3.61. The molecule has 2 aromatic rings. The molecular weight excluding hydrogens is 446 g/mol. The lowest BCUT2D eigenvalue weighted by Gasteiger charge is -2.36. The maximum absolute atomic E-state index is 12.5. The van der Waals surface area contributed by atoms with E-state index in [9.17, 15) is 4.79 Å². The summed E-state index contributed by atoms with van der Waals surface area (Å²) in [5.41, 5.74) is 1.26. The van der Waals surface area contributed by atoms with Crippen LogP contribution < -0.4 is 10.1 Å². The van der Waals surface area contributed by atoms with E-state index in [2.05, 4.69) is 20.1 Å². The van der Waals surface area contributed by atoms with Crippen LogP contribution in [0.4, 0.5) is 22.0 Å². The molecule has 3 heterocycles. The highest BCUT2D eigenvalue weighted by atomic mass is 35.5. The molecule has 3 unspecified atom stereocenters. The molecule has 10 heteroatoms. The van der Waals surface area contributed by atoms with Crippen molar-refractivity contribution in [1.82, 2.24) is 14.9 Å². The Morgan fingerprint density at radius 3 is 2.79 bits per heavy atom. The number of hydrogen-bond donors (Lipinski definition) is 1.